The van der Waals surface area contributed by atoms with Gasteiger partial charge in [0.15, 0.2) is 0 Å². The van der Waals surface area contributed by atoms with Crippen LogP contribution in [0.5, 0.6) is 0 Å². The molecule has 2 fully saturated rings. The Hall–Kier alpha value is -2.91. The van der Waals surface area contributed by atoms with E-state index in [9.17, 15) is 4.79 Å². The fourth-order valence-corrected chi connectivity index (χ4v) is 4.50. The van der Waals surface area contributed by atoms with Gasteiger partial charge in [0.1, 0.15) is 18.5 Å². The monoisotopic (exact) mass is 390 g/mol. The number of amides is 1. The molecule has 2 saturated heterocycles. The molecular formula is C23H26N4O2. The maximum Gasteiger partial charge on any atom is 0.248 e. The van der Waals surface area contributed by atoms with Gasteiger partial charge in [-0.1, -0.05) is 37.3 Å². The zero-order valence-electron chi connectivity index (χ0n) is 16.9. The molecule has 0 aliphatic carbocycles. The Morgan fingerprint density at radius 2 is 2.07 bits per heavy atom. The number of aromatic nitrogens is 1. The zero-order valence-corrected chi connectivity index (χ0v) is 16.9. The number of nitrogens with zero attached hydrogens (tertiary/aromatic N) is 4. The summed E-state index contributed by atoms with van der Waals surface area (Å²) in [5.41, 5.74) is 1.64. The van der Waals surface area contributed by atoms with Crippen molar-refractivity contribution in [2.24, 2.45) is 5.92 Å². The molecule has 0 spiro atoms. The van der Waals surface area contributed by atoms with Crippen molar-refractivity contribution in [2.45, 2.75) is 38.5 Å². The van der Waals surface area contributed by atoms with Crippen molar-refractivity contribution < 1.29 is 9.53 Å². The van der Waals surface area contributed by atoms with Crippen LogP contribution >= 0.6 is 0 Å². The molecule has 2 aliphatic rings. The Morgan fingerprint density at radius 1 is 1.28 bits per heavy atom. The van der Waals surface area contributed by atoms with Crippen molar-refractivity contribution in [2.75, 3.05) is 24.6 Å². The summed E-state index contributed by atoms with van der Waals surface area (Å²) < 4.78 is 5.85. The van der Waals surface area contributed by atoms with Crippen molar-refractivity contribution in [3.63, 3.8) is 0 Å². The fraction of sp³-hybridized carbons (Fsp3) is 0.435. The minimum atomic E-state index is -0.111. The van der Waals surface area contributed by atoms with E-state index in [1.807, 2.05) is 54.3 Å². The van der Waals surface area contributed by atoms with Crippen LogP contribution < -0.4 is 4.90 Å². The second-order valence-corrected chi connectivity index (χ2v) is 8.02. The molecule has 0 N–H and O–H groups in total. The van der Waals surface area contributed by atoms with Crippen LogP contribution in [0, 0.1) is 17.2 Å². The van der Waals surface area contributed by atoms with Crippen molar-refractivity contribution in [3.8, 4) is 6.07 Å². The lowest BCUT2D eigenvalue weighted by atomic mass is 10.0. The summed E-state index contributed by atoms with van der Waals surface area (Å²) in [6.45, 7) is 5.68. The highest BCUT2D eigenvalue weighted by Gasteiger charge is 2.45. The Morgan fingerprint density at radius 3 is 2.72 bits per heavy atom. The molecule has 4 atom stereocenters. The van der Waals surface area contributed by atoms with Gasteiger partial charge in [-0.05, 0) is 37.0 Å². The number of pyridine rings is 1. The van der Waals surface area contributed by atoms with E-state index in [1.165, 1.54) is 0 Å². The van der Waals surface area contributed by atoms with Gasteiger partial charge in [-0.3, -0.25) is 4.79 Å². The van der Waals surface area contributed by atoms with E-state index < -0.39 is 0 Å². The third-order valence-corrected chi connectivity index (χ3v) is 6.11. The molecule has 3 heterocycles. The number of benzene rings is 1. The van der Waals surface area contributed by atoms with Crippen LogP contribution in [0.4, 0.5) is 5.82 Å². The second kappa shape index (κ2) is 8.22. The van der Waals surface area contributed by atoms with E-state index in [-0.39, 0.29) is 30.7 Å². The van der Waals surface area contributed by atoms with Gasteiger partial charge < -0.3 is 14.5 Å². The third-order valence-electron chi connectivity index (χ3n) is 6.11. The molecule has 4 rings (SSSR count). The van der Waals surface area contributed by atoms with Gasteiger partial charge >= 0.3 is 0 Å². The highest BCUT2D eigenvalue weighted by Crippen LogP contribution is 2.37. The third kappa shape index (κ3) is 3.96. The number of hydrogen-bond donors (Lipinski definition) is 0. The summed E-state index contributed by atoms with van der Waals surface area (Å²) in [4.78, 5) is 21.6. The lowest BCUT2D eigenvalue weighted by Crippen LogP contribution is -2.57. The molecule has 6 heteroatoms. The van der Waals surface area contributed by atoms with Gasteiger partial charge in [0.2, 0.25) is 5.91 Å². The fourth-order valence-electron chi connectivity index (χ4n) is 4.50. The number of ether oxygens (including phenoxy) is 1. The van der Waals surface area contributed by atoms with Crippen LogP contribution in [0.15, 0.2) is 48.7 Å². The maximum atomic E-state index is 12.8. The zero-order chi connectivity index (χ0) is 20.4. The van der Waals surface area contributed by atoms with Crippen LogP contribution in [0.25, 0.3) is 0 Å². The van der Waals surface area contributed by atoms with Crippen molar-refractivity contribution >= 4 is 11.7 Å². The summed E-state index contributed by atoms with van der Waals surface area (Å²) in [5, 5.41) is 9.00. The highest BCUT2D eigenvalue weighted by molar-refractivity contribution is 5.78. The number of likely N-dealkylation sites (tertiary alicyclic amines) is 1. The minimum Gasteiger partial charge on any atom is -0.364 e. The SMILES string of the molecule is C[C@H](OCC(=O)N1CC2C[C@H](C)C(C1)N2c1ccc(C#N)cn1)c1ccccc1. The predicted molar refractivity (Wildman–Crippen MR) is 110 cm³/mol. The smallest absolute Gasteiger partial charge is 0.248 e. The number of carbonyl (C=O) groups excluding carboxylic acids is 1. The van der Waals surface area contributed by atoms with Gasteiger partial charge in [0.05, 0.1) is 17.7 Å². The molecule has 1 amide bonds. The number of fused-ring (bicyclic) bond motifs is 2. The van der Waals surface area contributed by atoms with Crippen LogP contribution in [0.3, 0.4) is 0 Å². The minimum absolute atomic E-state index is 0.0457. The molecule has 6 nitrogen and oxygen atoms in total. The summed E-state index contributed by atoms with van der Waals surface area (Å²) in [7, 11) is 0. The lowest BCUT2D eigenvalue weighted by Gasteiger charge is -2.42. The topological polar surface area (TPSA) is 69.5 Å². The molecule has 2 aromatic rings. The summed E-state index contributed by atoms with van der Waals surface area (Å²) in [6, 6.07) is 16.3. The first-order valence-corrected chi connectivity index (χ1v) is 10.2. The van der Waals surface area contributed by atoms with Crippen LogP contribution in [-0.4, -0.2) is 47.6 Å². The van der Waals surface area contributed by atoms with E-state index in [0.717, 1.165) is 17.8 Å². The van der Waals surface area contributed by atoms with Gasteiger partial charge in [0, 0.05) is 25.3 Å². The van der Waals surface area contributed by atoms with E-state index >= 15 is 0 Å². The summed E-state index contributed by atoms with van der Waals surface area (Å²) >= 11 is 0. The first kappa shape index (κ1) is 19.4. The quantitative estimate of drug-likeness (QED) is 0.784. The van der Waals surface area contributed by atoms with Gasteiger partial charge in [-0.15, -0.1) is 0 Å². The number of hydrogen-bond acceptors (Lipinski definition) is 5. The molecule has 150 valence electrons. The lowest BCUT2D eigenvalue weighted by molar-refractivity contribution is -0.139. The average molecular weight is 390 g/mol. The van der Waals surface area contributed by atoms with Gasteiger partial charge in [-0.25, -0.2) is 4.98 Å². The second-order valence-electron chi connectivity index (χ2n) is 8.02. The predicted octanol–water partition coefficient (Wildman–Crippen LogP) is 3.16. The standard InChI is InChI=1S/C23H26N4O2/c1-16-10-20-13-26(23(28)15-29-17(2)19-6-4-3-5-7-19)14-21(16)27(20)22-9-8-18(11-24)12-25-22/h3-9,12,16-17,20-21H,10,13-15H2,1-2H3/t16-,17-,20?,21?/m0/s1. The van der Waals surface area contributed by atoms with Crippen LogP contribution in [0.1, 0.15) is 37.5 Å². The molecule has 2 unspecified atom stereocenters. The molecule has 2 bridgehead atoms. The average Bonchev–Trinajstić information content (AvgIpc) is 2.96. The van der Waals surface area contributed by atoms with Gasteiger partial charge in [0.25, 0.3) is 0 Å². The van der Waals surface area contributed by atoms with E-state index in [2.05, 4.69) is 22.9 Å². The number of nitriles is 1. The number of rotatable bonds is 5. The summed E-state index contributed by atoms with van der Waals surface area (Å²) in [6.07, 6.45) is 2.55. The maximum absolute atomic E-state index is 12.8. The van der Waals surface area contributed by atoms with Crippen molar-refractivity contribution in [1.29, 1.82) is 5.26 Å². The number of carbonyl (C=O) groups is 1. The Bertz CT molecular complexity index is 893. The largest absolute Gasteiger partial charge is 0.364 e. The van der Waals surface area contributed by atoms with E-state index in [4.69, 9.17) is 10.00 Å². The summed E-state index contributed by atoms with van der Waals surface area (Å²) in [5.74, 6) is 1.42. The number of anilines is 1. The van der Waals surface area contributed by atoms with E-state index in [1.54, 1.807) is 6.20 Å². The van der Waals surface area contributed by atoms with Crippen molar-refractivity contribution in [1.82, 2.24) is 9.88 Å². The first-order chi connectivity index (χ1) is 14.1. The number of piperazine rings is 1. The molecule has 2 aliphatic heterocycles. The van der Waals surface area contributed by atoms with E-state index in [0.29, 0.717) is 24.6 Å². The molecule has 0 saturated carbocycles. The van der Waals surface area contributed by atoms with Crippen LogP contribution in [-0.2, 0) is 9.53 Å². The Labute approximate surface area is 171 Å². The van der Waals surface area contributed by atoms with Crippen LogP contribution in [0.2, 0.25) is 0 Å². The first-order valence-electron chi connectivity index (χ1n) is 10.2. The normalized spacial score (nSPS) is 24.2. The molecule has 0 radical (unpaired) electrons. The van der Waals surface area contributed by atoms with Crippen molar-refractivity contribution in [3.05, 3.63) is 59.8 Å². The Balaban J connectivity index is 1.39. The Kier molecular flexibility index (Phi) is 5.50. The molecular weight excluding hydrogens is 364 g/mol. The van der Waals surface area contributed by atoms with Gasteiger partial charge in [-0.2, -0.15) is 5.26 Å². The highest BCUT2D eigenvalue weighted by atomic mass is 16.5. The molecule has 1 aromatic carbocycles. The molecule has 1 aromatic heterocycles. The molecule has 29 heavy (non-hydrogen) atoms.